The number of aliphatic hydroxyl groups is 2. The maximum Gasteiger partial charge on any atom is 0.0715 e. The maximum absolute atomic E-state index is 10.1. The molecule has 0 saturated carbocycles. The normalized spacial score (nSPS) is 21.2. The van der Waals surface area contributed by atoms with Gasteiger partial charge in [0.05, 0.1) is 6.10 Å². The number of hydrogen-bond donors (Lipinski definition) is 2. The standard InChI is InChI=1S/C14H30N2O2/c1-14(2,3)13(18)12-16-9-7-15(8-10-16)6-4-5-11-17/h13,17-18H,4-12H2,1-3H3/t13-/m1/s1. The molecule has 1 atom stereocenters. The number of rotatable bonds is 6. The molecule has 1 heterocycles. The molecular weight excluding hydrogens is 228 g/mol. The SMILES string of the molecule is CC(C)(C)[C@H](O)CN1CCN(CCCCO)CC1. The Morgan fingerprint density at radius 1 is 1.00 bits per heavy atom. The average Bonchev–Trinajstić information content (AvgIpc) is 2.30. The van der Waals surface area contributed by atoms with Gasteiger partial charge in [0.2, 0.25) is 0 Å². The van der Waals surface area contributed by atoms with E-state index in [0.717, 1.165) is 52.1 Å². The van der Waals surface area contributed by atoms with Crippen molar-refractivity contribution in [1.29, 1.82) is 0 Å². The monoisotopic (exact) mass is 258 g/mol. The van der Waals surface area contributed by atoms with Crippen molar-refractivity contribution in [2.45, 2.75) is 39.7 Å². The van der Waals surface area contributed by atoms with E-state index in [-0.39, 0.29) is 11.5 Å². The van der Waals surface area contributed by atoms with Gasteiger partial charge in [0, 0.05) is 39.3 Å². The van der Waals surface area contributed by atoms with E-state index in [4.69, 9.17) is 5.11 Å². The van der Waals surface area contributed by atoms with Crippen LogP contribution >= 0.6 is 0 Å². The third-order valence-corrected chi connectivity index (χ3v) is 3.78. The van der Waals surface area contributed by atoms with Crippen molar-refractivity contribution in [3.63, 3.8) is 0 Å². The van der Waals surface area contributed by atoms with Gasteiger partial charge >= 0.3 is 0 Å². The Hall–Kier alpha value is -0.160. The summed E-state index contributed by atoms with van der Waals surface area (Å²) in [5, 5.41) is 18.9. The number of aliphatic hydroxyl groups excluding tert-OH is 2. The fourth-order valence-corrected chi connectivity index (χ4v) is 2.16. The fraction of sp³-hybridized carbons (Fsp3) is 1.00. The molecule has 0 unspecified atom stereocenters. The first-order chi connectivity index (χ1) is 8.43. The van der Waals surface area contributed by atoms with Gasteiger partial charge in [-0.15, -0.1) is 0 Å². The topological polar surface area (TPSA) is 46.9 Å². The van der Waals surface area contributed by atoms with Crippen molar-refractivity contribution in [1.82, 2.24) is 9.80 Å². The summed E-state index contributed by atoms with van der Waals surface area (Å²) in [6.45, 7) is 12.7. The van der Waals surface area contributed by atoms with Gasteiger partial charge in [0.1, 0.15) is 0 Å². The van der Waals surface area contributed by atoms with Gasteiger partial charge in [0.15, 0.2) is 0 Å². The van der Waals surface area contributed by atoms with Crippen LogP contribution in [-0.4, -0.2) is 72.0 Å². The summed E-state index contributed by atoms with van der Waals surface area (Å²) in [5.41, 5.74) is -0.0295. The molecule has 1 rings (SSSR count). The smallest absolute Gasteiger partial charge is 0.0715 e. The second-order valence-corrected chi connectivity index (χ2v) is 6.45. The zero-order valence-electron chi connectivity index (χ0n) is 12.2. The van der Waals surface area contributed by atoms with E-state index in [1.54, 1.807) is 0 Å². The van der Waals surface area contributed by atoms with Gasteiger partial charge < -0.3 is 15.1 Å². The van der Waals surface area contributed by atoms with Crippen LogP contribution in [0.3, 0.4) is 0 Å². The minimum absolute atomic E-state index is 0.0295. The van der Waals surface area contributed by atoms with Gasteiger partial charge in [-0.1, -0.05) is 20.8 Å². The highest BCUT2D eigenvalue weighted by Crippen LogP contribution is 2.20. The molecule has 4 nitrogen and oxygen atoms in total. The van der Waals surface area contributed by atoms with E-state index in [9.17, 15) is 5.11 Å². The van der Waals surface area contributed by atoms with Crippen LogP contribution in [0.4, 0.5) is 0 Å². The first kappa shape index (κ1) is 15.9. The zero-order valence-corrected chi connectivity index (χ0v) is 12.2. The molecule has 1 aliphatic rings. The first-order valence-corrected chi connectivity index (χ1v) is 7.17. The maximum atomic E-state index is 10.1. The van der Waals surface area contributed by atoms with Crippen molar-refractivity contribution in [3.8, 4) is 0 Å². The molecule has 0 bridgehead atoms. The predicted molar refractivity (Wildman–Crippen MR) is 74.7 cm³/mol. The van der Waals surface area contributed by atoms with E-state index in [1.807, 2.05) is 0 Å². The lowest BCUT2D eigenvalue weighted by Gasteiger charge is -2.38. The molecule has 1 fully saturated rings. The first-order valence-electron chi connectivity index (χ1n) is 7.17. The summed E-state index contributed by atoms with van der Waals surface area (Å²) in [5.74, 6) is 0. The Morgan fingerprint density at radius 2 is 1.56 bits per heavy atom. The van der Waals surface area contributed by atoms with E-state index >= 15 is 0 Å². The molecule has 0 aromatic rings. The number of nitrogens with zero attached hydrogens (tertiary/aromatic N) is 2. The molecule has 18 heavy (non-hydrogen) atoms. The van der Waals surface area contributed by atoms with Crippen LogP contribution in [-0.2, 0) is 0 Å². The van der Waals surface area contributed by atoms with Crippen molar-refractivity contribution in [3.05, 3.63) is 0 Å². The van der Waals surface area contributed by atoms with E-state index in [2.05, 4.69) is 30.6 Å². The molecule has 0 aromatic carbocycles. The Kier molecular flexibility index (Phi) is 6.57. The average molecular weight is 258 g/mol. The van der Waals surface area contributed by atoms with Crippen LogP contribution in [0.25, 0.3) is 0 Å². The molecule has 108 valence electrons. The van der Waals surface area contributed by atoms with Crippen LogP contribution in [0.1, 0.15) is 33.6 Å². The summed E-state index contributed by atoms with van der Waals surface area (Å²) in [4.78, 5) is 4.81. The lowest BCUT2D eigenvalue weighted by atomic mass is 9.89. The van der Waals surface area contributed by atoms with Crippen molar-refractivity contribution in [2.24, 2.45) is 5.41 Å². The number of β-amino-alcohol motifs (C(OH)–C–C–N with tert-alkyl or cyclic N) is 1. The van der Waals surface area contributed by atoms with E-state index in [1.165, 1.54) is 0 Å². The summed E-state index contributed by atoms with van der Waals surface area (Å²) < 4.78 is 0. The largest absolute Gasteiger partial charge is 0.396 e. The highest BCUT2D eigenvalue weighted by molar-refractivity contribution is 4.79. The third-order valence-electron chi connectivity index (χ3n) is 3.78. The second kappa shape index (κ2) is 7.43. The molecule has 0 spiro atoms. The Labute approximate surface area is 112 Å². The molecular formula is C14H30N2O2. The summed E-state index contributed by atoms with van der Waals surface area (Å²) >= 11 is 0. The second-order valence-electron chi connectivity index (χ2n) is 6.45. The number of hydrogen-bond acceptors (Lipinski definition) is 4. The summed E-state index contributed by atoms with van der Waals surface area (Å²) in [6, 6.07) is 0. The lowest BCUT2D eigenvalue weighted by Crippen LogP contribution is -2.50. The minimum Gasteiger partial charge on any atom is -0.396 e. The summed E-state index contributed by atoms with van der Waals surface area (Å²) in [6.07, 6.45) is 1.74. The summed E-state index contributed by atoms with van der Waals surface area (Å²) in [7, 11) is 0. The lowest BCUT2D eigenvalue weighted by molar-refractivity contribution is 0.0132. The predicted octanol–water partition coefficient (Wildman–Crippen LogP) is 0.783. The van der Waals surface area contributed by atoms with Gasteiger partial charge in [-0.25, -0.2) is 0 Å². The minimum atomic E-state index is -0.251. The van der Waals surface area contributed by atoms with Crippen LogP contribution in [0.5, 0.6) is 0 Å². The molecule has 0 radical (unpaired) electrons. The Balaban J connectivity index is 2.19. The van der Waals surface area contributed by atoms with Gasteiger partial charge in [-0.05, 0) is 24.8 Å². The fourth-order valence-electron chi connectivity index (χ4n) is 2.16. The molecule has 4 heteroatoms. The molecule has 1 saturated heterocycles. The Bertz CT molecular complexity index is 220. The van der Waals surface area contributed by atoms with Crippen molar-refractivity contribution in [2.75, 3.05) is 45.9 Å². The number of unbranched alkanes of at least 4 members (excludes halogenated alkanes) is 1. The highest BCUT2D eigenvalue weighted by atomic mass is 16.3. The third kappa shape index (κ3) is 5.65. The Morgan fingerprint density at radius 3 is 2.06 bits per heavy atom. The molecule has 0 aromatic heterocycles. The quantitative estimate of drug-likeness (QED) is 0.691. The molecule has 0 aliphatic carbocycles. The van der Waals surface area contributed by atoms with E-state index < -0.39 is 0 Å². The van der Waals surface area contributed by atoms with Crippen LogP contribution < -0.4 is 0 Å². The van der Waals surface area contributed by atoms with Gasteiger partial charge in [0.25, 0.3) is 0 Å². The highest BCUT2D eigenvalue weighted by Gasteiger charge is 2.26. The van der Waals surface area contributed by atoms with Crippen molar-refractivity contribution >= 4 is 0 Å². The van der Waals surface area contributed by atoms with Crippen molar-refractivity contribution < 1.29 is 10.2 Å². The van der Waals surface area contributed by atoms with Gasteiger partial charge in [-0.3, -0.25) is 4.90 Å². The van der Waals surface area contributed by atoms with E-state index in [0.29, 0.717) is 6.61 Å². The molecule has 1 aliphatic heterocycles. The van der Waals surface area contributed by atoms with Crippen LogP contribution in [0.2, 0.25) is 0 Å². The number of piperazine rings is 1. The molecule has 2 N–H and O–H groups in total. The van der Waals surface area contributed by atoms with Gasteiger partial charge in [-0.2, -0.15) is 0 Å². The van der Waals surface area contributed by atoms with Crippen LogP contribution in [0.15, 0.2) is 0 Å². The van der Waals surface area contributed by atoms with Crippen LogP contribution in [0, 0.1) is 5.41 Å². The molecule has 0 amide bonds. The zero-order chi connectivity index (χ0) is 13.6.